The number of aryl methyl sites for hydroxylation is 1. The van der Waals surface area contributed by atoms with Crippen LogP contribution in [0.5, 0.6) is 0 Å². The van der Waals surface area contributed by atoms with Crippen molar-refractivity contribution in [3.05, 3.63) is 99.3 Å². The van der Waals surface area contributed by atoms with E-state index in [0.717, 1.165) is 12.0 Å². The molecule has 1 heterocycles. The monoisotopic (exact) mass is 463 g/mol. The zero-order valence-corrected chi connectivity index (χ0v) is 19.1. The van der Waals surface area contributed by atoms with E-state index in [9.17, 15) is 9.59 Å². The number of hydrogen-bond donors (Lipinski definition) is 1. The zero-order valence-electron chi connectivity index (χ0n) is 17.5. The Morgan fingerprint density at radius 3 is 2.66 bits per heavy atom. The smallest absolute Gasteiger partial charge is 0.266 e. The summed E-state index contributed by atoms with van der Waals surface area (Å²) < 4.78 is 1.56. The SMILES string of the molecule is Cc1cccc(-n2c(SCC(=O)NCCc3ccccc3)nc3cc(Cl)ccc3c2=O)c1. The Morgan fingerprint density at radius 1 is 1.06 bits per heavy atom. The fourth-order valence-electron chi connectivity index (χ4n) is 3.40. The second kappa shape index (κ2) is 10.0. The summed E-state index contributed by atoms with van der Waals surface area (Å²) >= 11 is 7.35. The molecule has 0 fully saturated rings. The number of amides is 1. The van der Waals surface area contributed by atoms with Gasteiger partial charge in [0, 0.05) is 11.6 Å². The number of aromatic nitrogens is 2. The minimum absolute atomic E-state index is 0.109. The molecule has 7 heteroatoms. The molecule has 0 aliphatic rings. The Labute approximate surface area is 195 Å². The van der Waals surface area contributed by atoms with E-state index in [1.807, 2.05) is 61.5 Å². The van der Waals surface area contributed by atoms with Crippen molar-refractivity contribution in [1.82, 2.24) is 14.9 Å². The molecule has 4 aromatic rings. The number of carbonyl (C=O) groups excluding carboxylic acids is 1. The van der Waals surface area contributed by atoms with Gasteiger partial charge in [-0.3, -0.25) is 14.2 Å². The van der Waals surface area contributed by atoms with Crippen molar-refractivity contribution in [3.63, 3.8) is 0 Å². The largest absolute Gasteiger partial charge is 0.355 e. The van der Waals surface area contributed by atoms with Crippen molar-refractivity contribution < 1.29 is 4.79 Å². The molecule has 0 unspecified atom stereocenters. The molecule has 5 nitrogen and oxygen atoms in total. The van der Waals surface area contributed by atoms with Crippen LogP contribution < -0.4 is 10.9 Å². The Hall–Kier alpha value is -3.09. The second-order valence-electron chi connectivity index (χ2n) is 7.41. The van der Waals surface area contributed by atoms with Gasteiger partial charge in [0.25, 0.3) is 5.56 Å². The number of thioether (sulfide) groups is 1. The van der Waals surface area contributed by atoms with Crippen LogP contribution >= 0.6 is 23.4 Å². The number of hydrogen-bond acceptors (Lipinski definition) is 4. The van der Waals surface area contributed by atoms with Gasteiger partial charge in [0.2, 0.25) is 5.91 Å². The first-order valence-corrected chi connectivity index (χ1v) is 11.6. The molecule has 0 atom stereocenters. The first-order chi connectivity index (χ1) is 15.5. The number of benzene rings is 3. The molecule has 0 aliphatic carbocycles. The van der Waals surface area contributed by atoms with E-state index < -0.39 is 0 Å². The van der Waals surface area contributed by atoms with Gasteiger partial charge in [0.05, 0.1) is 22.3 Å². The van der Waals surface area contributed by atoms with E-state index in [0.29, 0.717) is 33.3 Å². The van der Waals surface area contributed by atoms with Crippen LogP contribution in [0.2, 0.25) is 5.02 Å². The minimum Gasteiger partial charge on any atom is -0.355 e. The van der Waals surface area contributed by atoms with Gasteiger partial charge in [-0.15, -0.1) is 0 Å². The number of fused-ring (bicyclic) bond motifs is 1. The van der Waals surface area contributed by atoms with Gasteiger partial charge in [-0.05, 0) is 54.8 Å². The van der Waals surface area contributed by atoms with Crippen LogP contribution in [0.4, 0.5) is 0 Å². The molecule has 1 amide bonds. The van der Waals surface area contributed by atoms with E-state index in [1.165, 1.54) is 17.3 Å². The van der Waals surface area contributed by atoms with Crippen molar-refractivity contribution >= 4 is 40.2 Å². The molecule has 4 rings (SSSR count). The standard InChI is InChI=1S/C25H22ClN3O2S/c1-17-6-5-9-20(14-17)29-24(31)21-11-10-19(26)15-22(21)28-25(29)32-16-23(30)27-13-12-18-7-3-2-4-8-18/h2-11,14-15H,12-13,16H2,1H3,(H,27,30). The maximum absolute atomic E-state index is 13.3. The predicted octanol–water partition coefficient (Wildman–Crippen LogP) is 4.80. The van der Waals surface area contributed by atoms with Crippen molar-refractivity contribution in [2.75, 3.05) is 12.3 Å². The predicted molar refractivity (Wildman–Crippen MR) is 131 cm³/mol. The van der Waals surface area contributed by atoms with Gasteiger partial charge in [-0.2, -0.15) is 0 Å². The molecule has 1 N–H and O–H groups in total. The second-order valence-corrected chi connectivity index (χ2v) is 8.79. The summed E-state index contributed by atoms with van der Waals surface area (Å²) in [4.78, 5) is 30.4. The van der Waals surface area contributed by atoms with Gasteiger partial charge in [0.15, 0.2) is 5.16 Å². The molecule has 162 valence electrons. The summed E-state index contributed by atoms with van der Waals surface area (Å²) in [5.41, 5.74) is 3.23. The minimum atomic E-state index is -0.191. The van der Waals surface area contributed by atoms with Gasteiger partial charge in [-0.1, -0.05) is 65.8 Å². The van der Waals surface area contributed by atoms with Crippen LogP contribution in [0.15, 0.2) is 82.7 Å². The molecule has 0 radical (unpaired) electrons. The average Bonchev–Trinajstić information content (AvgIpc) is 2.78. The Bertz CT molecular complexity index is 1320. The van der Waals surface area contributed by atoms with Crippen LogP contribution in [0.3, 0.4) is 0 Å². The van der Waals surface area contributed by atoms with Crippen molar-refractivity contribution in [2.45, 2.75) is 18.5 Å². The summed E-state index contributed by atoms with van der Waals surface area (Å²) in [5.74, 6) is 0.0428. The van der Waals surface area contributed by atoms with Crippen LogP contribution in [0.25, 0.3) is 16.6 Å². The number of nitrogens with one attached hydrogen (secondary N) is 1. The highest BCUT2D eigenvalue weighted by Crippen LogP contribution is 2.23. The highest BCUT2D eigenvalue weighted by atomic mass is 35.5. The number of halogens is 1. The van der Waals surface area contributed by atoms with E-state index in [1.54, 1.807) is 22.8 Å². The highest BCUT2D eigenvalue weighted by Gasteiger charge is 2.15. The van der Waals surface area contributed by atoms with Crippen LogP contribution in [-0.4, -0.2) is 27.8 Å². The topological polar surface area (TPSA) is 64.0 Å². The van der Waals surface area contributed by atoms with Crippen LogP contribution in [0, 0.1) is 6.92 Å². The third kappa shape index (κ3) is 5.21. The van der Waals surface area contributed by atoms with E-state index in [-0.39, 0.29) is 17.2 Å². The van der Waals surface area contributed by atoms with E-state index in [4.69, 9.17) is 11.6 Å². The summed E-state index contributed by atoms with van der Waals surface area (Å²) in [5, 5.41) is 4.37. The average molecular weight is 464 g/mol. The van der Waals surface area contributed by atoms with Crippen LogP contribution in [-0.2, 0) is 11.2 Å². The van der Waals surface area contributed by atoms with Gasteiger partial charge in [-0.25, -0.2) is 4.98 Å². The van der Waals surface area contributed by atoms with Crippen molar-refractivity contribution in [2.24, 2.45) is 0 Å². The summed E-state index contributed by atoms with van der Waals surface area (Å²) in [7, 11) is 0. The molecule has 1 aromatic heterocycles. The fraction of sp³-hybridized carbons (Fsp3) is 0.160. The molecule has 0 saturated heterocycles. The molecule has 32 heavy (non-hydrogen) atoms. The molecule has 0 aliphatic heterocycles. The molecular formula is C25H22ClN3O2S. The van der Waals surface area contributed by atoms with E-state index in [2.05, 4.69) is 10.3 Å². The molecule has 0 saturated carbocycles. The lowest BCUT2D eigenvalue weighted by Gasteiger charge is -2.14. The number of carbonyl (C=O) groups is 1. The molecule has 0 bridgehead atoms. The third-order valence-electron chi connectivity index (χ3n) is 4.97. The number of nitrogens with zero attached hydrogens (tertiary/aromatic N) is 2. The Morgan fingerprint density at radius 2 is 1.88 bits per heavy atom. The fourth-order valence-corrected chi connectivity index (χ4v) is 4.41. The maximum Gasteiger partial charge on any atom is 0.266 e. The first kappa shape index (κ1) is 22.1. The highest BCUT2D eigenvalue weighted by molar-refractivity contribution is 7.99. The molecule has 3 aromatic carbocycles. The lowest BCUT2D eigenvalue weighted by molar-refractivity contribution is -0.118. The quantitative estimate of drug-likeness (QED) is 0.316. The molecular weight excluding hydrogens is 442 g/mol. The van der Waals surface area contributed by atoms with E-state index >= 15 is 0 Å². The van der Waals surface area contributed by atoms with Crippen molar-refractivity contribution in [3.8, 4) is 5.69 Å². The van der Waals surface area contributed by atoms with Gasteiger partial charge in [0.1, 0.15) is 0 Å². The molecule has 0 spiro atoms. The normalized spacial score (nSPS) is 10.9. The number of rotatable bonds is 7. The van der Waals surface area contributed by atoms with Crippen molar-refractivity contribution in [1.29, 1.82) is 0 Å². The first-order valence-electron chi connectivity index (χ1n) is 10.2. The zero-order chi connectivity index (χ0) is 22.5. The lowest BCUT2D eigenvalue weighted by atomic mass is 10.1. The third-order valence-corrected chi connectivity index (χ3v) is 6.15. The maximum atomic E-state index is 13.3. The summed E-state index contributed by atoms with van der Waals surface area (Å²) in [6.07, 6.45) is 0.762. The Balaban J connectivity index is 1.57. The Kier molecular flexibility index (Phi) is 6.93. The lowest BCUT2D eigenvalue weighted by Crippen LogP contribution is -2.28. The van der Waals surface area contributed by atoms with Crippen LogP contribution in [0.1, 0.15) is 11.1 Å². The van der Waals surface area contributed by atoms with Gasteiger partial charge < -0.3 is 5.32 Å². The summed E-state index contributed by atoms with van der Waals surface area (Å²) in [6.45, 7) is 2.52. The summed E-state index contributed by atoms with van der Waals surface area (Å²) in [6, 6.07) is 22.7. The van der Waals surface area contributed by atoms with Gasteiger partial charge >= 0.3 is 0 Å².